The standard InChI is InChI=1S/C21H23N3O4S/c1-13(2)27-17-7-6-14(9-18(17)26-3)20-22-21(28-23-20)15-10-19(25)24(11-15)12-16-5-4-8-29-16/h4-9,13,15H,10-12H2,1-3H3. The first kappa shape index (κ1) is 19.4. The van der Waals surface area contributed by atoms with Gasteiger partial charge in [0, 0.05) is 23.4 Å². The van der Waals surface area contributed by atoms with Gasteiger partial charge in [-0.1, -0.05) is 11.2 Å². The van der Waals surface area contributed by atoms with Crippen molar-refractivity contribution in [2.24, 2.45) is 0 Å². The van der Waals surface area contributed by atoms with Crippen molar-refractivity contribution in [3.63, 3.8) is 0 Å². The number of ether oxygens (including phenoxy) is 2. The lowest BCUT2D eigenvalue weighted by atomic mass is 10.1. The maximum atomic E-state index is 12.4. The number of carbonyl (C=O) groups excluding carboxylic acids is 1. The largest absolute Gasteiger partial charge is 0.493 e. The van der Waals surface area contributed by atoms with Crippen molar-refractivity contribution in [3.8, 4) is 22.9 Å². The van der Waals surface area contributed by atoms with Crippen LogP contribution in [-0.4, -0.2) is 40.7 Å². The topological polar surface area (TPSA) is 77.7 Å². The van der Waals surface area contributed by atoms with Gasteiger partial charge in [0.15, 0.2) is 11.5 Å². The monoisotopic (exact) mass is 413 g/mol. The third-order valence-electron chi connectivity index (χ3n) is 4.72. The molecule has 152 valence electrons. The van der Waals surface area contributed by atoms with Crippen LogP contribution in [-0.2, 0) is 11.3 Å². The van der Waals surface area contributed by atoms with Gasteiger partial charge in [-0.25, -0.2) is 0 Å². The molecule has 3 aromatic rings. The summed E-state index contributed by atoms with van der Waals surface area (Å²) in [6, 6.07) is 9.57. The van der Waals surface area contributed by atoms with Crippen LogP contribution in [0.1, 0.15) is 37.0 Å². The highest BCUT2D eigenvalue weighted by Crippen LogP contribution is 2.34. The molecule has 1 aliphatic rings. The first-order valence-corrected chi connectivity index (χ1v) is 10.4. The van der Waals surface area contributed by atoms with Gasteiger partial charge in [0.2, 0.25) is 17.6 Å². The zero-order valence-corrected chi connectivity index (χ0v) is 17.4. The van der Waals surface area contributed by atoms with Gasteiger partial charge in [-0.3, -0.25) is 4.79 Å². The molecule has 1 amide bonds. The van der Waals surface area contributed by atoms with Crippen molar-refractivity contribution in [2.45, 2.75) is 38.8 Å². The normalized spacial score (nSPS) is 16.6. The molecule has 1 unspecified atom stereocenters. The van der Waals surface area contributed by atoms with E-state index in [-0.39, 0.29) is 17.9 Å². The fraction of sp³-hybridized carbons (Fsp3) is 0.381. The molecule has 7 nitrogen and oxygen atoms in total. The van der Waals surface area contributed by atoms with Crippen LogP contribution in [0.3, 0.4) is 0 Å². The Morgan fingerprint density at radius 3 is 2.90 bits per heavy atom. The van der Waals surface area contributed by atoms with E-state index in [2.05, 4.69) is 10.1 Å². The molecule has 1 atom stereocenters. The predicted octanol–water partition coefficient (Wildman–Crippen LogP) is 4.11. The first-order chi connectivity index (χ1) is 14.0. The van der Waals surface area contributed by atoms with Crippen molar-refractivity contribution in [2.75, 3.05) is 13.7 Å². The van der Waals surface area contributed by atoms with Crippen molar-refractivity contribution in [1.82, 2.24) is 15.0 Å². The van der Waals surface area contributed by atoms with E-state index >= 15 is 0 Å². The number of likely N-dealkylation sites (tertiary alicyclic amines) is 1. The minimum absolute atomic E-state index is 0.0450. The Balaban J connectivity index is 1.49. The van der Waals surface area contributed by atoms with Crippen molar-refractivity contribution in [3.05, 3.63) is 46.5 Å². The van der Waals surface area contributed by atoms with Crippen LogP contribution in [0.15, 0.2) is 40.2 Å². The molecule has 0 N–H and O–H groups in total. The smallest absolute Gasteiger partial charge is 0.232 e. The van der Waals surface area contributed by atoms with E-state index in [1.54, 1.807) is 18.4 Å². The summed E-state index contributed by atoms with van der Waals surface area (Å²) in [4.78, 5) is 19.9. The molecular formula is C21H23N3O4S. The number of aromatic nitrogens is 2. The van der Waals surface area contributed by atoms with Crippen LogP contribution in [0.5, 0.6) is 11.5 Å². The zero-order valence-electron chi connectivity index (χ0n) is 16.6. The number of benzene rings is 1. The molecule has 8 heteroatoms. The van der Waals surface area contributed by atoms with Crippen molar-refractivity contribution < 1.29 is 18.8 Å². The molecule has 0 aliphatic carbocycles. The molecule has 1 saturated heterocycles. The lowest BCUT2D eigenvalue weighted by Crippen LogP contribution is -2.23. The van der Waals surface area contributed by atoms with Gasteiger partial charge in [0.1, 0.15) is 0 Å². The molecule has 3 heterocycles. The minimum Gasteiger partial charge on any atom is -0.493 e. The number of nitrogens with zero attached hydrogens (tertiary/aromatic N) is 3. The Hall–Kier alpha value is -2.87. The average molecular weight is 413 g/mol. The summed E-state index contributed by atoms with van der Waals surface area (Å²) in [7, 11) is 1.60. The van der Waals surface area contributed by atoms with E-state index in [1.165, 1.54) is 4.88 Å². The summed E-state index contributed by atoms with van der Waals surface area (Å²) >= 11 is 1.65. The zero-order chi connectivity index (χ0) is 20.4. The van der Waals surface area contributed by atoms with Gasteiger partial charge in [-0.15, -0.1) is 11.3 Å². The highest BCUT2D eigenvalue weighted by molar-refractivity contribution is 7.09. The molecule has 0 saturated carbocycles. The molecule has 1 aliphatic heterocycles. The Labute approximate surface area is 173 Å². The number of hydrogen-bond donors (Lipinski definition) is 0. The SMILES string of the molecule is COc1cc(-c2noc(C3CC(=O)N(Cc4cccs4)C3)n2)ccc1OC(C)C. The average Bonchev–Trinajstić information content (AvgIpc) is 3.44. The first-order valence-electron chi connectivity index (χ1n) is 9.52. The Kier molecular flexibility index (Phi) is 5.53. The summed E-state index contributed by atoms with van der Waals surface area (Å²) in [5.41, 5.74) is 0.771. The summed E-state index contributed by atoms with van der Waals surface area (Å²) in [6.45, 7) is 5.14. The van der Waals surface area contributed by atoms with Gasteiger partial charge in [-0.2, -0.15) is 4.98 Å². The Morgan fingerprint density at radius 2 is 2.17 bits per heavy atom. The second-order valence-electron chi connectivity index (χ2n) is 7.24. The van der Waals surface area contributed by atoms with Gasteiger partial charge in [0.25, 0.3) is 0 Å². The van der Waals surface area contributed by atoms with Crippen LogP contribution in [0.2, 0.25) is 0 Å². The lowest BCUT2D eigenvalue weighted by Gasteiger charge is -2.14. The number of hydrogen-bond acceptors (Lipinski definition) is 7. The third-order valence-corrected chi connectivity index (χ3v) is 5.58. The highest BCUT2D eigenvalue weighted by Gasteiger charge is 2.34. The van der Waals surface area contributed by atoms with Crippen LogP contribution in [0, 0.1) is 0 Å². The van der Waals surface area contributed by atoms with E-state index in [9.17, 15) is 4.79 Å². The van der Waals surface area contributed by atoms with Crippen LogP contribution < -0.4 is 9.47 Å². The summed E-state index contributed by atoms with van der Waals surface area (Å²) < 4.78 is 16.7. The van der Waals surface area contributed by atoms with Crippen molar-refractivity contribution >= 4 is 17.2 Å². The quantitative estimate of drug-likeness (QED) is 0.580. The maximum absolute atomic E-state index is 12.4. The Morgan fingerprint density at radius 1 is 1.31 bits per heavy atom. The molecule has 0 bridgehead atoms. The van der Waals surface area contributed by atoms with Crippen LogP contribution >= 0.6 is 11.3 Å². The van der Waals surface area contributed by atoms with E-state index in [0.29, 0.717) is 42.7 Å². The maximum Gasteiger partial charge on any atom is 0.232 e. The van der Waals surface area contributed by atoms with Gasteiger partial charge >= 0.3 is 0 Å². The Bertz CT molecular complexity index is 984. The second kappa shape index (κ2) is 8.24. The molecule has 4 rings (SSSR count). The highest BCUT2D eigenvalue weighted by atomic mass is 32.1. The van der Waals surface area contributed by atoms with Crippen LogP contribution in [0.25, 0.3) is 11.4 Å². The number of methoxy groups -OCH3 is 1. The molecule has 29 heavy (non-hydrogen) atoms. The molecule has 1 fully saturated rings. The molecule has 2 aromatic heterocycles. The number of rotatable bonds is 7. The molecule has 1 aromatic carbocycles. The lowest BCUT2D eigenvalue weighted by molar-refractivity contribution is -0.128. The van der Waals surface area contributed by atoms with Gasteiger partial charge in [0.05, 0.1) is 25.7 Å². The van der Waals surface area contributed by atoms with E-state index in [1.807, 2.05) is 54.5 Å². The fourth-order valence-corrected chi connectivity index (χ4v) is 4.08. The van der Waals surface area contributed by atoms with Gasteiger partial charge in [-0.05, 0) is 43.5 Å². The minimum atomic E-state index is -0.0887. The number of thiophene rings is 1. The van der Waals surface area contributed by atoms with E-state index < -0.39 is 0 Å². The summed E-state index contributed by atoms with van der Waals surface area (Å²) in [5, 5.41) is 6.13. The molecule has 0 radical (unpaired) electrons. The fourth-order valence-electron chi connectivity index (χ4n) is 3.36. The van der Waals surface area contributed by atoms with E-state index in [0.717, 1.165) is 5.56 Å². The third kappa shape index (κ3) is 4.27. The second-order valence-corrected chi connectivity index (χ2v) is 8.28. The molecule has 0 spiro atoms. The van der Waals surface area contributed by atoms with E-state index in [4.69, 9.17) is 14.0 Å². The number of amides is 1. The summed E-state index contributed by atoms with van der Waals surface area (Å²) in [6.07, 6.45) is 0.431. The van der Waals surface area contributed by atoms with Gasteiger partial charge < -0.3 is 18.9 Å². The summed E-state index contributed by atoms with van der Waals surface area (Å²) in [5.74, 6) is 2.26. The predicted molar refractivity (Wildman–Crippen MR) is 109 cm³/mol. The number of carbonyl (C=O) groups is 1. The van der Waals surface area contributed by atoms with Crippen molar-refractivity contribution in [1.29, 1.82) is 0 Å². The van der Waals surface area contributed by atoms with Crippen LogP contribution in [0.4, 0.5) is 0 Å². The molecular weight excluding hydrogens is 390 g/mol.